The fraction of sp³-hybridized carbons (Fsp3) is 0.833. The normalized spacial score (nSPS) is 14.3. The van der Waals surface area contributed by atoms with Crippen molar-refractivity contribution < 1.29 is 16.4 Å². The summed E-state index contributed by atoms with van der Waals surface area (Å²) in [5.41, 5.74) is 0. The maximum Gasteiger partial charge on any atom is 0.323 e. The SMILES string of the molecule is [2H]CCCN[C@@H](CO)C(=O)O. The first-order chi connectivity index (χ1) is 5.22. The minimum Gasteiger partial charge on any atom is -0.480 e. The van der Waals surface area contributed by atoms with Crippen molar-refractivity contribution in [3.63, 3.8) is 0 Å². The minimum atomic E-state index is -1.06. The van der Waals surface area contributed by atoms with Crippen molar-refractivity contribution in [2.24, 2.45) is 0 Å². The molecule has 3 N–H and O–H groups in total. The molecule has 4 nitrogen and oxygen atoms in total. The first-order valence-electron chi connectivity index (χ1n) is 3.79. The van der Waals surface area contributed by atoms with E-state index in [2.05, 4.69) is 5.32 Å². The second-order valence-corrected chi connectivity index (χ2v) is 1.88. The van der Waals surface area contributed by atoms with E-state index in [1.54, 1.807) is 0 Å². The predicted molar refractivity (Wildman–Crippen MR) is 36.8 cm³/mol. The van der Waals surface area contributed by atoms with Crippen molar-refractivity contribution in [2.45, 2.75) is 19.4 Å². The van der Waals surface area contributed by atoms with Gasteiger partial charge in [-0.25, -0.2) is 0 Å². The molecule has 0 radical (unpaired) electrons. The smallest absolute Gasteiger partial charge is 0.323 e. The summed E-state index contributed by atoms with van der Waals surface area (Å²) in [5, 5.41) is 19.5. The van der Waals surface area contributed by atoms with E-state index in [0.29, 0.717) is 13.0 Å². The monoisotopic (exact) mass is 148 g/mol. The highest BCUT2D eigenvalue weighted by atomic mass is 16.4. The summed E-state index contributed by atoms with van der Waals surface area (Å²) in [7, 11) is 0. The number of nitrogens with one attached hydrogen (secondary N) is 1. The van der Waals surface area contributed by atoms with Gasteiger partial charge in [0.2, 0.25) is 0 Å². The van der Waals surface area contributed by atoms with Crippen molar-refractivity contribution in [3.05, 3.63) is 0 Å². The lowest BCUT2D eigenvalue weighted by Crippen LogP contribution is -2.39. The zero-order valence-electron chi connectivity index (χ0n) is 6.71. The molecule has 0 aliphatic heterocycles. The van der Waals surface area contributed by atoms with E-state index in [0.717, 1.165) is 0 Å². The van der Waals surface area contributed by atoms with Crippen molar-refractivity contribution in [1.29, 1.82) is 0 Å². The third-order valence-corrected chi connectivity index (χ3v) is 1.05. The van der Waals surface area contributed by atoms with Crippen LogP contribution in [0.2, 0.25) is 0 Å². The molecule has 60 valence electrons. The highest BCUT2D eigenvalue weighted by Crippen LogP contribution is 1.82. The van der Waals surface area contributed by atoms with Crippen LogP contribution in [0.25, 0.3) is 0 Å². The summed E-state index contributed by atoms with van der Waals surface area (Å²) in [6, 6.07) is -0.887. The van der Waals surface area contributed by atoms with Gasteiger partial charge in [0.05, 0.1) is 6.61 Å². The zero-order chi connectivity index (χ0) is 8.69. The number of aliphatic carboxylic acids is 1. The van der Waals surface area contributed by atoms with E-state index in [9.17, 15) is 4.79 Å². The van der Waals surface area contributed by atoms with Crippen molar-refractivity contribution in [3.8, 4) is 0 Å². The minimum absolute atomic E-state index is 0.269. The molecule has 0 amide bonds. The van der Waals surface area contributed by atoms with Gasteiger partial charge in [0.1, 0.15) is 6.04 Å². The third-order valence-electron chi connectivity index (χ3n) is 1.05. The Morgan fingerprint density at radius 1 is 1.90 bits per heavy atom. The lowest BCUT2D eigenvalue weighted by molar-refractivity contribution is -0.140. The molecule has 0 heterocycles. The summed E-state index contributed by atoms with van der Waals surface area (Å²) in [6.07, 6.45) is 0.601. The average Bonchev–Trinajstić information content (AvgIpc) is 1.97. The van der Waals surface area contributed by atoms with Gasteiger partial charge in [-0.3, -0.25) is 4.79 Å². The lowest BCUT2D eigenvalue weighted by atomic mass is 10.3. The zero-order valence-corrected chi connectivity index (χ0v) is 5.71. The lowest BCUT2D eigenvalue weighted by Gasteiger charge is -2.09. The highest BCUT2D eigenvalue weighted by Gasteiger charge is 2.13. The second-order valence-electron chi connectivity index (χ2n) is 1.88. The maximum absolute atomic E-state index is 10.3. The van der Waals surface area contributed by atoms with Crippen LogP contribution in [-0.4, -0.2) is 35.4 Å². The van der Waals surface area contributed by atoms with Crippen LogP contribution in [-0.2, 0) is 4.79 Å². The fourth-order valence-electron chi connectivity index (χ4n) is 0.506. The quantitative estimate of drug-likeness (QED) is 0.457. The van der Waals surface area contributed by atoms with Crippen molar-refractivity contribution in [1.82, 2.24) is 5.32 Å². The maximum atomic E-state index is 10.3. The van der Waals surface area contributed by atoms with Gasteiger partial charge < -0.3 is 15.5 Å². The number of carbonyl (C=O) groups is 1. The number of rotatable bonds is 5. The molecule has 4 heteroatoms. The van der Waals surface area contributed by atoms with Gasteiger partial charge in [-0.05, 0) is 13.0 Å². The number of carboxylic acid groups (broad SMARTS) is 1. The molecule has 0 aliphatic rings. The number of aliphatic hydroxyl groups is 1. The highest BCUT2D eigenvalue weighted by molar-refractivity contribution is 5.73. The van der Waals surface area contributed by atoms with Gasteiger partial charge in [-0.15, -0.1) is 0 Å². The molecule has 0 saturated carbocycles. The first-order valence-corrected chi connectivity index (χ1v) is 3.08. The molecule has 1 atom stereocenters. The topological polar surface area (TPSA) is 69.6 Å². The Morgan fingerprint density at radius 3 is 3.00 bits per heavy atom. The molecule has 0 aromatic carbocycles. The molecule has 0 aromatic heterocycles. The van der Waals surface area contributed by atoms with E-state index < -0.39 is 18.6 Å². The Bertz CT molecular complexity index is 120. The Morgan fingerprint density at radius 2 is 2.60 bits per heavy atom. The summed E-state index contributed by atoms with van der Waals surface area (Å²) < 4.78 is 6.76. The van der Waals surface area contributed by atoms with E-state index >= 15 is 0 Å². The van der Waals surface area contributed by atoms with Gasteiger partial charge in [0.15, 0.2) is 0 Å². The van der Waals surface area contributed by atoms with Crippen LogP contribution < -0.4 is 5.32 Å². The summed E-state index contributed by atoms with van der Waals surface area (Å²) in [4.78, 5) is 10.3. The molecule has 0 aliphatic carbocycles. The van der Waals surface area contributed by atoms with Crippen LogP contribution in [0.5, 0.6) is 0 Å². The van der Waals surface area contributed by atoms with Gasteiger partial charge >= 0.3 is 5.97 Å². The van der Waals surface area contributed by atoms with Crippen LogP contribution >= 0.6 is 0 Å². The van der Waals surface area contributed by atoms with E-state index in [4.69, 9.17) is 11.6 Å². The van der Waals surface area contributed by atoms with E-state index in [1.807, 2.05) is 0 Å². The van der Waals surface area contributed by atoms with E-state index in [-0.39, 0.29) is 6.90 Å². The van der Waals surface area contributed by atoms with Gasteiger partial charge in [-0.2, -0.15) is 0 Å². The van der Waals surface area contributed by atoms with Crippen molar-refractivity contribution >= 4 is 5.97 Å². The Kier molecular flexibility index (Phi) is 3.90. The van der Waals surface area contributed by atoms with Crippen LogP contribution in [0.15, 0.2) is 0 Å². The van der Waals surface area contributed by atoms with Gasteiger partial charge in [0, 0.05) is 1.37 Å². The molecular formula is C6H13NO3. The third kappa shape index (κ3) is 3.42. The predicted octanol–water partition coefficient (Wildman–Crippen LogP) is -0.569. The molecular weight excluding hydrogens is 134 g/mol. The fourth-order valence-corrected chi connectivity index (χ4v) is 0.506. The molecule has 0 unspecified atom stereocenters. The van der Waals surface area contributed by atoms with E-state index in [1.165, 1.54) is 0 Å². The Balaban J connectivity index is 3.44. The molecule has 0 aromatic rings. The number of aliphatic hydroxyl groups excluding tert-OH is 1. The first kappa shape index (κ1) is 7.50. The second kappa shape index (κ2) is 5.20. The average molecular weight is 148 g/mol. The Labute approximate surface area is 61.3 Å². The van der Waals surface area contributed by atoms with Gasteiger partial charge in [0.25, 0.3) is 0 Å². The van der Waals surface area contributed by atoms with Crippen molar-refractivity contribution in [2.75, 3.05) is 13.2 Å². The molecule has 0 bridgehead atoms. The van der Waals surface area contributed by atoms with Crippen LogP contribution in [0.4, 0.5) is 0 Å². The van der Waals surface area contributed by atoms with Crippen LogP contribution in [0, 0.1) is 0 Å². The summed E-state index contributed by atoms with van der Waals surface area (Å²) in [6.45, 7) is 0.319. The molecule has 0 spiro atoms. The largest absolute Gasteiger partial charge is 0.480 e. The van der Waals surface area contributed by atoms with Crippen LogP contribution in [0.3, 0.4) is 0 Å². The molecule has 0 saturated heterocycles. The molecule has 0 fully saturated rings. The van der Waals surface area contributed by atoms with Gasteiger partial charge in [-0.1, -0.05) is 6.90 Å². The number of hydrogen-bond donors (Lipinski definition) is 3. The summed E-state index contributed by atoms with van der Waals surface area (Å²) in [5.74, 6) is -1.06. The summed E-state index contributed by atoms with van der Waals surface area (Å²) >= 11 is 0. The molecule has 0 rings (SSSR count). The van der Waals surface area contributed by atoms with Crippen LogP contribution in [0.1, 0.15) is 14.7 Å². The Hall–Kier alpha value is -0.610. The molecule has 10 heavy (non-hydrogen) atoms. The number of hydrogen-bond acceptors (Lipinski definition) is 3. The standard InChI is InChI=1S/C6H13NO3/c1-2-3-7-5(4-8)6(9)10/h5,7-8H,2-4H2,1H3,(H,9,10)/t5-/m0/s1/i1D. The number of carboxylic acids is 1.